The fourth-order valence-electron chi connectivity index (χ4n) is 3.92. The van der Waals surface area contributed by atoms with E-state index in [9.17, 15) is 18.0 Å². The second-order valence-corrected chi connectivity index (χ2v) is 10.8. The van der Waals surface area contributed by atoms with Crippen molar-refractivity contribution in [1.29, 1.82) is 0 Å². The molecule has 0 bridgehead atoms. The molecule has 2 aromatic rings. The number of carbonyl (C=O) groups is 2. The number of benzene rings is 2. The molecule has 0 saturated heterocycles. The van der Waals surface area contributed by atoms with E-state index in [0.29, 0.717) is 18.6 Å². The van der Waals surface area contributed by atoms with Crippen molar-refractivity contribution in [3.05, 3.63) is 54.1 Å². The van der Waals surface area contributed by atoms with E-state index in [0.717, 1.165) is 22.5 Å². The van der Waals surface area contributed by atoms with Gasteiger partial charge < -0.3 is 19.7 Å². The molecule has 0 saturated carbocycles. The van der Waals surface area contributed by atoms with E-state index >= 15 is 0 Å². The Morgan fingerprint density at radius 1 is 1.00 bits per heavy atom. The van der Waals surface area contributed by atoms with Crippen LogP contribution < -0.4 is 19.1 Å². The molecule has 0 fully saturated rings. The van der Waals surface area contributed by atoms with Crippen molar-refractivity contribution in [2.24, 2.45) is 0 Å². The average molecular weight is 534 g/mol. The van der Waals surface area contributed by atoms with Gasteiger partial charge in [-0.3, -0.25) is 13.9 Å². The maximum absolute atomic E-state index is 13.8. The molecular weight excluding hydrogens is 494 g/mol. The van der Waals surface area contributed by atoms with Crippen molar-refractivity contribution >= 4 is 27.5 Å². The molecule has 0 radical (unpaired) electrons. The lowest BCUT2D eigenvalue weighted by atomic mass is 10.1. The molecule has 10 heteroatoms. The molecular formula is C27H39N3O6S. The molecule has 204 valence electrons. The van der Waals surface area contributed by atoms with Crippen molar-refractivity contribution in [2.75, 3.05) is 37.9 Å². The van der Waals surface area contributed by atoms with Crippen LogP contribution in [0.25, 0.3) is 0 Å². The highest BCUT2D eigenvalue weighted by atomic mass is 32.2. The Morgan fingerprint density at radius 2 is 1.68 bits per heavy atom. The Bertz CT molecular complexity index is 1140. The van der Waals surface area contributed by atoms with Crippen molar-refractivity contribution in [3.63, 3.8) is 0 Å². The van der Waals surface area contributed by atoms with Crippen molar-refractivity contribution in [2.45, 2.75) is 52.1 Å². The lowest BCUT2D eigenvalue weighted by Gasteiger charge is -2.33. The van der Waals surface area contributed by atoms with Gasteiger partial charge in [-0.05, 0) is 43.9 Å². The molecule has 0 aliphatic heterocycles. The van der Waals surface area contributed by atoms with E-state index in [4.69, 9.17) is 9.47 Å². The van der Waals surface area contributed by atoms with Crippen LogP contribution in [-0.2, 0) is 26.0 Å². The summed E-state index contributed by atoms with van der Waals surface area (Å²) in [6.07, 6.45) is 2.68. The second-order valence-electron chi connectivity index (χ2n) is 8.87. The number of nitrogens with zero attached hydrogens (tertiary/aromatic N) is 2. The molecule has 2 amide bonds. The number of carbonyl (C=O) groups excluding carboxylic acids is 2. The summed E-state index contributed by atoms with van der Waals surface area (Å²) in [5, 5.41) is 2.96. The molecule has 1 N–H and O–H groups in total. The van der Waals surface area contributed by atoms with Crippen LogP contribution in [0.2, 0.25) is 0 Å². The summed E-state index contributed by atoms with van der Waals surface area (Å²) in [5.41, 5.74) is 1.22. The molecule has 2 aromatic carbocycles. The first-order chi connectivity index (χ1) is 17.5. The van der Waals surface area contributed by atoms with E-state index in [2.05, 4.69) is 5.32 Å². The zero-order valence-corrected chi connectivity index (χ0v) is 23.4. The Morgan fingerprint density at radius 3 is 2.22 bits per heavy atom. The summed E-state index contributed by atoms with van der Waals surface area (Å²) in [4.78, 5) is 28.4. The van der Waals surface area contributed by atoms with Gasteiger partial charge in [-0.15, -0.1) is 0 Å². The molecule has 37 heavy (non-hydrogen) atoms. The van der Waals surface area contributed by atoms with E-state index in [1.165, 1.54) is 25.2 Å². The van der Waals surface area contributed by atoms with Gasteiger partial charge in [-0.2, -0.15) is 0 Å². The summed E-state index contributed by atoms with van der Waals surface area (Å²) in [6, 6.07) is 13.5. The van der Waals surface area contributed by atoms with Crippen LogP contribution in [0.1, 0.15) is 39.2 Å². The second kappa shape index (κ2) is 13.9. The number of rotatable bonds is 14. The van der Waals surface area contributed by atoms with E-state index in [1.807, 2.05) is 51.1 Å². The van der Waals surface area contributed by atoms with Gasteiger partial charge in [0.1, 0.15) is 24.1 Å². The van der Waals surface area contributed by atoms with Crippen LogP contribution in [0.15, 0.2) is 48.5 Å². The van der Waals surface area contributed by atoms with Gasteiger partial charge in [0, 0.05) is 18.7 Å². The fourth-order valence-corrected chi connectivity index (χ4v) is 4.78. The SMILES string of the molecule is CC[C@H](C)NC(=O)[C@H](CC)N(CCc1ccccc1)C(=O)CN(c1ccc(OC)cc1OC)S(C)(=O)=O. The largest absolute Gasteiger partial charge is 0.497 e. The van der Waals surface area contributed by atoms with Gasteiger partial charge in [0.05, 0.1) is 26.2 Å². The highest BCUT2D eigenvalue weighted by molar-refractivity contribution is 7.92. The number of hydrogen-bond donors (Lipinski definition) is 1. The molecule has 0 aliphatic rings. The molecule has 0 aromatic heterocycles. The topological polar surface area (TPSA) is 105 Å². The number of nitrogens with one attached hydrogen (secondary N) is 1. The minimum absolute atomic E-state index is 0.0521. The molecule has 0 unspecified atom stereocenters. The number of anilines is 1. The zero-order chi connectivity index (χ0) is 27.6. The zero-order valence-electron chi connectivity index (χ0n) is 22.6. The fraction of sp³-hybridized carbons (Fsp3) is 0.481. The van der Waals surface area contributed by atoms with Crippen molar-refractivity contribution in [1.82, 2.24) is 10.2 Å². The highest BCUT2D eigenvalue weighted by Gasteiger charge is 2.32. The predicted octanol–water partition coefficient (Wildman–Crippen LogP) is 3.23. The van der Waals surface area contributed by atoms with Crippen LogP contribution in [0.3, 0.4) is 0 Å². The van der Waals surface area contributed by atoms with Crippen LogP contribution >= 0.6 is 0 Å². The van der Waals surface area contributed by atoms with Gasteiger partial charge in [0.15, 0.2) is 0 Å². The normalized spacial score (nSPS) is 12.8. The van der Waals surface area contributed by atoms with Gasteiger partial charge >= 0.3 is 0 Å². The first kappa shape index (κ1) is 30.0. The summed E-state index contributed by atoms with van der Waals surface area (Å²) in [7, 11) is -0.969. The number of ether oxygens (including phenoxy) is 2. The lowest BCUT2D eigenvalue weighted by Crippen LogP contribution is -2.54. The van der Waals surface area contributed by atoms with Crippen LogP contribution in [0.4, 0.5) is 5.69 Å². The first-order valence-corrected chi connectivity index (χ1v) is 14.2. The van der Waals surface area contributed by atoms with E-state index in [1.54, 1.807) is 12.1 Å². The first-order valence-electron chi connectivity index (χ1n) is 12.4. The van der Waals surface area contributed by atoms with Crippen LogP contribution in [0, 0.1) is 0 Å². The van der Waals surface area contributed by atoms with E-state index in [-0.39, 0.29) is 29.9 Å². The lowest BCUT2D eigenvalue weighted by molar-refractivity contribution is -0.139. The van der Waals surface area contributed by atoms with Gasteiger partial charge in [-0.1, -0.05) is 44.2 Å². The number of amides is 2. The monoisotopic (exact) mass is 533 g/mol. The highest BCUT2D eigenvalue weighted by Crippen LogP contribution is 2.33. The minimum Gasteiger partial charge on any atom is -0.497 e. The summed E-state index contributed by atoms with van der Waals surface area (Å²) >= 11 is 0. The summed E-state index contributed by atoms with van der Waals surface area (Å²) in [6.45, 7) is 5.49. The third-order valence-corrected chi connectivity index (χ3v) is 7.33. The van der Waals surface area contributed by atoms with E-state index < -0.39 is 28.5 Å². The maximum atomic E-state index is 13.8. The number of hydrogen-bond acceptors (Lipinski definition) is 6. The van der Waals surface area contributed by atoms with Gasteiger partial charge in [0.25, 0.3) is 0 Å². The maximum Gasteiger partial charge on any atom is 0.244 e. The molecule has 2 rings (SSSR count). The van der Waals surface area contributed by atoms with Gasteiger partial charge in [0.2, 0.25) is 21.8 Å². The average Bonchev–Trinajstić information content (AvgIpc) is 2.88. The molecule has 0 aliphatic carbocycles. The predicted molar refractivity (Wildman–Crippen MR) is 146 cm³/mol. The summed E-state index contributed by atoms with van der Waals surface area (Å²) in [5.74, 6) is -0.0100. The number of methoxy groups -OCH3 is 2. The third kappa shape index (κ3) is 8.38. The third-order valence-electron chi connectivity index (χ3n) is 6.21. The Labute approximate surface area is 220 Å². The van der Waals surface area contributed by atoms with Crippen LogP contribution in [-0.4, -0.2) is 70.8 Å². The van der Waals surface area contributed by atoms with Crippen molar-refractivity contribution < 1.29 is 27.5 Å². The molecule has 9 nitrogen and oxygen atoms in total. The Balaban J connectivity index is 2.43. The van der Waals surface area contributed by atoms with Crippen LogP contribution in [0.5, 0.6) is 11.5 Å². The Kier molecular flexibility index (Phi) is 11.2. The van der Waals surface area contributed by atoms with Crippen molar-refractivity contribution in [3.8, 4) is 11.5 Å². The summed E-state index contributed by atoms with van der Waals surface area (Å²) < 4.78 is 37.3. The molecule has 2 atom stereocenters. The Hall–Kier alpha value is -3.27. The molecule has 0 heterocycles. The van der Waals surface area contributed by atoms with Gasteiger partial charge in [-0.25, -0.2) is 8.42 Å². The quantitative estimate of drug-likeness (QED) is 0.400. The molecule has 0 spiro atoms. The smallest absolute Gasteiger partial charge is 0.244 e. The minimum atomic E-state index is -3.88. The standard InChI is InChI=1S/C27H39N3O6S/c1-7-20(3)28-27(32)23(8-2)29(17-16-21-12-10-9-11-13-21)26(31)19-30(37(6,33)34)24-15-14-22(35-4)18-25(24)36-5/h9-15,18,20,23H,7-8,16-17,19H2,1-6H3,(H,28,32)/t20-,23-/m0/s1. The number of sulfonamides is 1.